The molecule has 0 aliphatic heterocycles. The van der Waals surface area contributed by atoms with E-state index in [1.165, 1.54) is 0 Å². The second-order valence-electron chi connectivity index (χ2n) is 5.94. The third-order valence-corrected chi connectivity index (χ3v) is 3.94. The van der Waals surface area contributed by atoms with E-state index in [2.05, 4.69) is 21.5 Å². The van der Waals surface area contributed by atoms with Crippen molar-refractivity contribution in [2.75, 3.05) is 5.32 Å². The summed E-state index contributed by atoms with van der Waals surface area (Å²) < 4.78 is 39.2. The number of nitrogens with one attached hydrogen (secondary N) is 2. The van der Waals surface area contributed by atoms with Crippen molar-refractivity contribution in [3.8, 4) is 12.3 Å². The fraction of sp³-hybridized carbons (Fsp3) is 0.500. The van der Waals surface area contributed by atoms with E-state index in [9.17, 15) is 18.0 Å². The summed E-state index contributed by atoms with van der Waals surface area (Å²) in [4.78, 5) is 16.2. The topological polar surface area (TPSA) is 54.0 Å². The van der Waals surface area contributed by atoms with Gasteiger partial charge in [0.05, 0.1) is 17.3 Å². The Morgan fingerprint density at radius 1 is 1.57 bits per heavy atom. The van der Waals surface area contributed by atoms with Crippen LogP contribution in [0.5, 0.6) is 0 Å². The van der Waals surface area contributed by atoms with Gasteiger partial charge in [0.25, 0.3) is 11.8 Å². The first-order valence-corrected chi connectivity index (χ1v) is 7.28. The lowest BCUT2D eigenvalue weighted by atomic mass is 9.88. The molecule has 7 heteroatoms. The highest BCUT2D eigenvalue weighted by molar-refractivity contribution is 5.99. The van der Waals surface area contributed by atoms with Crippen LogP contribution in [0, 0.1) is 18.2 Å². The molecule has 1 aromatic rings. The zero-order valence-electron chi connectivity index (χ0n) is 12.9. The molecule has 1 aromatic heterocycles. The summed E-state index contributed by atoms with van der Waals surface area (Å²) in [5, 5.41) is 5.39. The number of aromatic nitrogens is 1. The lowest BCUT2D eigenvalue weighted by molar-refractivity contribution is -0.0794. The predicted octanol–water partition coefficient (Wildman–Crippen LogP) is 2.96. The normalized spacial score (nSPS) is 19.1. The number of carbonyl (C=O) groups excluding carboxylic acids is 1. The maximum absolute atomic E-state index is 13.4. The number of nitrogens with zero attached hydrogens (tertiary/aromatic N) is 1. The Morgan fingerprint density at radius 3 is 2.74 bits per heavy atom. The molecule has 4 nitrogen and oxygen atoms in total. The number of halogens is 3. The predicted molar refractivity (Wildman–Crippen MR) is 80.8 cm³/mol. The Morgan fingerprint density at radius 2 is 2.22 bits per heavy atom. The summed E-state index contributed by atoms with van der Waals surface area (Å²) in [6.45, 7) is 3.47. The number of anilines is 1. The quantitative estimate of drug-likeness (QED) is 0.819. The van der Waals surface area contributed by atoms with Gasteiger partial charge < -0.3 is 10.6 Å². The van der Waals surface area contributed by atoms with Crippen LogP contribution >= 0.6 is 0 Å². The summed E-state index contributed by atoms with van der Waals surface area (Å²) in [5.74, 6) is -1.46. The van der Waals surface area contributed by atoms with Gasteiger partial charge in [0, 0.05) is 18.9 Å². The van der Waals surface area contributed by atoms with Crippen LogP contribution in [-0.2, 0) is 0 Å². The van der Waals surface area contributed by atoms with Crippen LogP contribution in [0.1, 0.15) is 43.5 Å². The molecular weight excluding hydrogens is 307 g/mol. The number of hydrogen-bond donors (Lipinski definition) is 2. The Balaban J connectivity index is 2.19. The Hall–Kier alpha value is -2.23. The van der Waals surface area contributed by atoms with Crippen molar-refractivity contribution >= 4 is 11.7 Å². The second-order valence-corrected chi connectivity index (χ2v) is 5.94. The van der Waals surface area contributed by atoms with Gasteiger partial charge in [0.2, 0.25) is 0 Å². The molecule has 1 saturated carbocycles. The van der Waals surface area contributed by atoms with Crippen molar-refractivity contribution in [3.63, 3.8) is 0 Å². The van der Waals surface area contributed by atoms with Crippen molar-refractivity contribution in [3.05, 3.63) is 23.6 Å². The Labute approximate surface area is 132 Å². The van der Waals surface area contributed by atoms with E-state index < -0.39 is 29.2 Å². The van der Waals surface area contributed by atoms with Crippen LogP contribution in [0.2, 0.25) is 0 Å². The van der Waals surface area contributed by atoms with E-state index >= 15 is 0 Å². The van der Waals surface area contributed by atoms with Crippen LogP contribution < -0.4 is 10.6 Å². The van der Waals surface area contributed by atoms with Crippen LogP contribution in [-0.4, -0.2) is 28.4 Å². The number of hydrogen-bond acceptors (Lipinski definition) is 3. The van der Waals surface area contributed by atoms with Crippen LogP contribution in [0.4, 0.5) is 19.0 Å². The molecule has 0 bridgehead atoms. The molecule has 0 saturated heterocycles. The molecular formula is C16H18F3N3O. The number of pyridine rings is 1. The molecule has 1 aliphatic carbocycles. The van der Waals surface area contributed by atoms with E-state index in [0.29, 0.717) is 6.42 Å². The SMILES string of the molecule is C#CC(C)(CC)NC(=O)c1cc(F)cnc1NC1CC(F)(F)C1. The fourth-order valence-electron chi connectivity index (χ4n) is 2.23. The first-order chi connectivity index (χ1) is 10.7. The van der Waals surface area contributed by atoms with E-state index in [4.69, 9.17) is 6.42 Å². The monoisotopic (exact) mass is 325 g/mol. The van der Waals surface area contributed by atoms with Crippen molar-refractivity contribution in [2.45, 2.75) is 50.6 Å². The fourth-order valence-corrected chi connectivity index (χ4v) is 2.23. The van der Waals surface area contributed by atoms with Crippen molar-refractivity contribution in [2.24, 2.45) is 0 Å². The van der Waals surface area contributed by atoms with Crippen LogP contribution in [0.25, 0.3) is 0 Å². The molecule has 0 aromatic carbocycles. The molecule has 1 amide bonds. The molecule has 1 aliphatic rings. The number of amides is 1. The van der Waals surface area contributed by atoms with Crippen molar-refractivity contribution in [1.82, 2.24) is 10.3 Å². The van der Waals surface area contributed by atoms with E-state index in [1.54, 1.807) is 13.8 Å². The maximum Gasteiger partial charge on any atom is 0.256 e. The first-order valence-electron chi connectivity index (χ1n) is 7.28. The molecule has 2 rings (SSSR count). The average Bonchev–Trinajstić information content (AvgIpc) is 2.46. The summed E-state index contributed by atoms with van der Waals surface area (Å²) in [6, 6.07) is 0.508. The van der Waals surface area contributed by atoms with Gasteiger partial charge >= 0.3 is 0 Å². The highest BCUT2D eigenvalue weighted by atomic mass is 19.3. The zero-order chi connectivity index (χ0) is 17.3. The summed E-state index contributed by atoms with van der Waals surface area (Å²) >= 11 is 0. The number of carbonyl (C=O) groups is 1. The minimum Gasteiger partial charge on any atom is -0.366 e. The molecule has 1 atom stereocenters. The van der Waals surface area contributed by atoms with Gasteiger partial charge in [-0.2, -0.15) is 0 Å². The largest absolute Gasteiger partial charge is 0.366 e. The molecule has 1 fully saturated rings. The lowest BCUT2D eigenvalue weighted by Gasteiger charge is -2.36. The van der Waals surface area contributed by atoms with Gasteiger partial charge in [-0.05, 0) is 19.4 Å². The summed E-state index contributed by atoms with van der Waals surface area (Å²) in [7, 11) is 0. The number of alkyl halides is 2. The maximum atomic E-state index is 13.4. The van der Waals surface area contributed by atoms with Gasteiger partial charge in [-0.15, -0.1) is 6.42 Å². The highest BCUT2D eigenvalue weighted by Gasteiger charge is 2.45. The molecule has 23 heavy (non-hydrogen) atoms. The average molecular weight is 325 g/mol. The highest BCUT2D eigenvalue weighted by Crippen LogP contribution is 2.39. The number of terminal acetylenes is 1. The van der Waals surface area contributed by atoms with Gasteiger partial charge in [-0.1, -0.05) is 12.8 Å². The molecule has 2 N–H and O–H groups in total. The van der Waals surface area contributed by atoms with E-state index in [-0.39, 0.29) is 24.2 Å². The standard InChI is InChI=1S/C16H18F3N3O/c1-4-15(3,5-2)22-14(23)12-6-10(17)9-20-13(12)21-11-7-16(18,19)8-11/h1,6,9,11H,5,7-8H2,2-3H3,(H,20,21)(H,22,23). The zero-order valence-corrected chi connectivity index (χ0v) is 12.9. The van der Waals surface area contributed by atoms with Crippen LogP contribution in [0.3, 0.4) is 0 Å². The first kappa shape index (κ1) is 17.1. The second kappa shape index (κ2) is 6.11. The van der Waals surface area contributed by atoms with E-state index in [1.807, 2.05) is 0 Å². The Bertz CT molecular complexity index is 648. The van der Waals surface area contributed by atoms with Gasteiger partial charge in [-0.3, -0.25) is 4.79 Å². The lowest BCUT2D eigenvalue weighted by Crippen LogP contribution is -2.46. The summed E-state index contributed by atoms with van der Waals surface area (Å²) in [6.07, 6.45) is 6.12. The molecule has 1 heterocycles. The molecule has 1 unspecified atom stereocenters. The minimum absolute atomic E-state index is 0.0601. The van der Waals surface area contributed by atoms with Gasteiger partial charge in [-0.25, -0.2) is 18.2 Å². The van der Waals surface area contributed by atoms with Crippen LogP contribution in [0.15, 0.2) is 12.3 Å². The smallest absolute Gasteiger partial charge is 0.256 e. The Kier molecular flexibility index (Phi) is 4.55. The van der Waals surface area contributed by atoms with Gasteiger partial charge in [0.1, 0.15) is 11.6 Å². The van der Waals surface area contributed by atoms with Crippen molar-refractivity contribution in [1.29, 1.82) is 0 Å². The van der Waals surface area contributed by atoms with E-state index in [0.717, 1.165) is 12.3 Å². The van der Waals surface area contributed by atoms with Gasteiger partial charge in [0.15, 0.2) is 0 Å². The minimum atomic E-state index is -2.70. The molecule has 124 valence electrons. The third-order valence-electron chi connectivity index (χ3n) is 3.94. The third kappa shape index (κ3) is 3.95. The molecule has 0 radical (unpaired) electrons. The number of rotatable bonds is 5. The van der Waals surface area contributed by atoms with Crippen molar-refractivity contribution < 1.29 is 18.0 Å². The molecule has 0 spiro atoms. The summed E-state index contributed by atoms with van der Waals surface area (Å²) in [5.41, 5.74) is -0.945.